The van der Waals surface area contributed by atoms with Gasteiger partial charge in [-0.2, -0.15) is 4.73 Å². The third-order valence-corrected chi connectivity index (χ3v) is 6.11. The zero-order valence-electron chi connectivity index (χ0n) is 18.0. The first-order valence-electron chi connectivity index (χ1n) is 11.0. The fourth-order valence-corrected chi connectivity index (χ4v) is 4.46. The van der Waals surface area contributed by atoms with E-state index in [0.29, 0.717) is 60.6 Å². The first-order valence-corrected chi connectivity index (χ1v) is 11.0. The third-order valence-electron chi connectivity index (χ3n) is 6.11. The van der Waals surface area contributed by atoms with E-state index in [0.717, 1.165) is 27.8 Å². The molecule has 3 aromatic carbocycles. The van der Waals surface area contributed by atoms with E-state index in [1.54, 1.807) is 6.20 Å². The van der Waals surface area contributed by atoms with Crippen LogP contribution in [0.15, 0.2) is 72.9 Å². The van der Waals surface area contributed by atoms with Crippen LogP contribution in [0.5, 0.6) is 5.75 Å². The van der Waals surface area contributed by atoms with Crippen molar-refractivity contribution in [2.75, 3.05) is 13.2 Å². The van der Waals surface area contributed by atoms with E-state index in [1.807, 2.05) is 48.5 Å². The van der Waals surface area contributed by atoms with Crippen LogP contribution < -0.4 is 9.47 Å². The molecular weight excluding hydrogens is 424 g/mol. The predicted molar refractivity (Wildman–Crippen MR) is 122 cm³/mol. The van der Waals surface area contributed by atoms with Crippen LogP contribution >= 0.6 is 0 Å². The minimum Gasteiger partial charge on any atom is -0.618 e. The number of halogens is 2. The summed E-state index contributed by atoms with van der Waals surface area (Å²) in [5.74, 6) is -1.26. The summed E-state index contributed by atoms with van der Waals surface area (Å²) < 4.78 is 40.1. The molecule has 1 aliphatic rings. The van der Waals surface area contributed by atoms with Crippen molar-refractivity contribution in [2.24, 2.45) is 0 Å². The number of rotatable bonds is 5. The molecule has 0 spiro atoms. The highest BCUT2D eigenvalue weighted by Crippen LogP contribution is 2.38. The van der Waals surface area contributed by atoms with Crippen LogP contribution in [0.25, 0.3) is 21.9 Å². The van der Waals surface area contributed by atoms with E-state index in [1.165, 1.54) is 6.07 Å². The van der Waals surface area contributed by atoms with Crippen molar-refractivity contribution in [1.82, 2.24) is 0 Å². The SMILES string of the molecule is [O-][n+]1cc2cc(OCc3ccccc3)ccc2c(-c2ccc(F)c(F)c2)c1C1CCOCC1. The molecule has 0 bridgehead atoms. The molecule has 1 saturated heterocycles. The molecule has 1 fully saturated rings. The molecule has 0 saturated carbocycles. The molecule has 0 unspecified atom stereocenters. The van der Waals surface area contributed by atoms with Crippen molar-refractivity contribution >= 4 is 10.8 Å². The maximum absolute atomic E-state index is 14.2. The summed E-state index contributed by atoms with van der Waals surface area (Å²) in [6.45, 7) is 1.53. The van der Waals surface area contributed by atoms with Gasteiger partial charge in [-0.25, -0.2) is 8.78 Å². The second-order valence-corrected chi connectivity index (χ2v) is 8.25. The Hall–Kier alpha value is -3.51. The number of hydrogen-bond acceptors (Lipinski definition) is 3. The van der Waals surface area contributed by atoms with Gasteiger partial charge >= 0.3 is 0 Å². The molecule has 1 aromatic heterocycles. The van der Waals surface area contributed by atoms with Gasteiger partial charge in [0, 0.05) is 18.6 Å². The highest BCUT2D eigenvalue weighted by molar-refractivity contribution is 5.97. The summed E-state index contributed by atoms with van der Waals surface area (Å²) in [5, 5.41) is 14.7. The van der Waals surface area contributed by atoms with Gasteiger partial charge in [0.1, 0.15) is 12.4 Å². The predicted octanol–water partition coefficient (Wildman–Crippen LogP) is 5.89. The number of fused-ring (bicyclic) bond motifs is 1. The Kier molecular flexibility index (Phi) is 5.92. The van der Waals surface area contributed by atoms with Gasteiger partial charge < -0.3 is 14.7 Å². The van der Waals surface area contributed by atoms with E-state index in [9.17, 15) is 14.0 Å². The first-order chi connectivity index (χ1) is 16.1. The Bertz CT molecular complexity index is 1290. The van der Waals surface area contributed by atoms with Crippen LogP contribution in [0, 0.1) is 16.8 Å². The largest absolute Gasteiger partial charge is 0.618 e. The first kappa shape index (κ1) is 21.3. The number of hydrogen-bond donors (Lipinski definition) is 0. The normalized spacial score (nSPS) is 14.5. The van der Waals surface area contributed by atoms with Crippen LogP contribution in [0.3, 0.4) is 0 Å². The zero-order chi connectivity index (χ0) is 22.8. The summed E-state index contributed by atoms with van der Waals surface area (Å²) >= 11 is 0. The van der Waals surface area contributed by atoms with Crippen molar-refractivity contribution in [3.63, 3.8) is 0 Å². The topological polar surface area (TPSA) is 45.4 Å². The van der Waals surface area contributed by atoms with E-state index >= 15 is 0 Å². The van der Waals surface area contributed by atoms with Gasteiger partial charge in [-0.15, -0.1) is 0 Å². The molecule has 4 nitrogen and oxygen atoms in total. The Balaban J connectivity index is 1.61. The molecule has 2 heterocycles. The van der Waals surface area contributed by atoms with Crippen molar-refractivity contribution in [3.05, 3.63) is 101 Å². The minimum atomic E-state index is -0.942. The lowest BCUT2D eigenvalue weighted by Crippen LogP contribution is -2.36. The van der Waals surface area contributed by atoms with Crippen LogP contribution in [0.4, 0.5) is 8.78 Å². The Morgan fingerprint density at radius 3 is 2.48 bits per heavy atom. The lowest BCUT2D eigenvalue weighted by atomic mass is 9.87. The highest BCUT2D eigenvalue weighted by atomic mass is 19.2. The lowest BCUT2D eigenvalue weighted by Gasteiger charge is -2.24. The molecule has 6 heteroatoms. The molecule has 4 aromatic rings. The van der Waals surface area contributed by atoms with Gasteiger partial charge in [0.15, 0.2) is 17.8 Å². The Labute approximate surface area is 190 Å². The Morgan fingerprint density at radius 2 is 1.73 bits per heavy atom. The maximum Gasteiger partial charge on any atom is 0.204 e. The quantitative estimate of drug-likeness (QED) is 0.283. The third kappa shape index (κ3) is 4.39. The summed E-state index contributed by atoms with van der Waals surface area (Å²) in [5.41, 5.74) is 2.70. The standard InChI is InChI=1S/C27H23F2NO3/c28-24-9-6-20(15-25(24)29)26-23-8-7-22(33-17-18-4-2-1-3-5-18)14-21(23)16-30(31)27(26)19-10-12-32-13-11-19/h1-9,14-16,19H,10-13,17H2. The molecule has 1 aliphatic heterocycles. The summed E-state index contributed by atoms with van der Waals surface area (Å²) in [6.07, 6.45) is 2.93. The lowest BCUT2D eigenvalue weighted by molar-refractivity contribution is -0.613. The van der Waals surface area contributed by atoms with Crippen molar-refractivity contribution in [3.8, 4) is 16.9 Å². The molecule has 33 heavy (non-hydrogen) atoms. The van der Waals surface area contributed by atoms with Crippen molar-refractivity contribution < 1.29 is 23.0 Å². The van der Waals surface area contributed by atoms with Gasteiger partial charge in [0.25, 0.3) is 0 Å². The number of aromatic nitrogens is 1. The summed E-state index contributed by atoms with van der Waals surface area (Å²) in [6, 6.07) is 19.1. The average molecular weight is 447 g/mol. The van der Waals surface area contributed by atoms with Crippen LogP contribution in [-0.4, -0.2) is 13.2 Å². The van der Waals surface area contributed by atoms with E-state index in [2.05, 4.69) is 0 Å². The number of ether oxygens (including phenoxy) is 2. The molecule has 168 valence electrons. The Morgan fingerprint density at radius 1 is 0.939 bits per heavy atom. The number of benzene rings is 3. The average Bonchev–Trinajstić information content (AvgIpc) is 2.84. The van der Waals surface area contributed by atoms with Crippen molar-refractivity contribution in [1.29, 1.82) is 0 Å². The van der Waals surface area contributed by atoms with Crippen LogP contribution in [0.2, 0.25) is 0 Å². The van der Waals surface area contributed by atoms with E-state index in [4.69, 9.17) is 9.47 Å². The van der Waals surface area contributed by atoms with Gasteiger partial charge in [0.2, 0.25) is 5.69 Å². The minimum absolute atomic E-state index is 0.0298. The molecule has 0 N–H and O–H groups in total. The highest BCUT2D eigenvalue weighted by Gasteiger charge is 2.29. The molecule has 0 radical (unpaired) electrons. The van der Waals surface area contributed by atoms with E-state index in [-0.39, 0.29) is 5.92 Å². The maximum atomic E-state index is 14.2. The fourth-order valence-electron chi connectivity index (χ4n) is 4.46. The summed E-state index contributed by atoms with van der Waals surface area (Å²) in [4.78, 5) is 0. The van der Waals surface area contributed by atoms with Gasteiger partial charge in [-0.3, -0.25) is 0 Å². The van der Waals surface area contributed by atoms with Gasteiger partial charge in [0.05, 0.1) is 16.9 Å². The zero-order valence-corrected chi connectivity index (χ0v) is 18.0. The second-order valence-electron chi connectivity index (χ2n) is 8.25. The van der Waals surface area contributed by atoms with Crippen LogP contribution in [0.1, 0.15) is 30.0 Å². The number of pyridine rings is 1. The molecule has 0 amide bonds. The second kappa shape index (κ2) is 9.16. The molecule has 0 atom stereocenters. The van der Waals surface area contributed by atoms with Gasteiger partial charge in [-0.05, 0) is 54.3 Å². The summed E-state index contributed by atoms with van der Waals surface area (Å²) in [7, 11) is 0. The smallest absolute Gasteiger partial charge is 0.204 e. The molecule has 0 aliphatic carbocycles. The van der Waals surface area contributed by atoms with Crippen molar-refractivity contribution in [2.45, 2.75) is 25.4 Å². The van der Waals surface area contributed by atoms with Crippen LogP contribution in [-0.2, 0) is 11.3 Å². The van der Waals surface area contributed by atoms with E-state index < -0.39 is 11.6 Å². The molecule has 5 rings (SSSR count). The number of nitrogens with zero attached hydrogens (tertiary/aromatic N) is 1. The monoisotopic (exact) mass is 447 g/mol. The van der Waals surface area contributed by atoms with Gasteiger partial charge in [-0.1, -0.05) is 36.4 Å². The molecular formula is C27H23F2NO3. The fraction of sp³-hybridized carbons (Fsp3) is 0.222.